The number of nitrogens with zero attached hydrogens (tertiary/aromatic N) is 1. The minimum absolute atomic E-state index is 0.291. The molecular formula is C26H24N2O3. The van der Waals surface area contributed by atoms with Crippen molar-refractivity contribution in [2.24, 2.45) is 0 Å². The monoisotopic (exact) mass is 412 g/mol. The lowest BCUT2D eigenvalue weighted by Crippen LogP contribution is -2.34. The van der Waals surface area contributed by atoms with Crippen molar-refractivity contribution in [3.63, 3.8) is 0 Å². The fraction of sp³-hybridized carbons (Fsp3) is 0.154. The van der Waals surface area contributed by atoms with Gasteiger partial charge in [-0.15, -0.1) is 0 Å². The fourth-order valence-corrected chi connectivity index (χ4v) is 3.67. The topological polar surface area (TPSA) is 58.6 Å². The SMILES string of the molecule is COc1ccc(C2=C(Nc3cccc(C)c3)C(=O)N(CCc3ccccc3)C2=O)cc1. The second-order valence-electron chi connectivity index (χ2n) is 7.47. The molecule has 0 aromatic heterocycles. The van der Waals surface area contributed by atoms with Crippen LogP contribution in [0.2, 0.25) is 0 Å². The van der Waals surface area contributed by atoms with E-state index < -0.39 is 0 Å². The lowest BCUT2D eigenvalue weighted by atomic mass is 10.0. The van der Waals surface area contributed by atoms with Gasteiger partial charge >= 0.3 is 0 Å². The van der Waals surface area contributed by atoms with Gasteiger partial charge in [0.2, 0.25) is 0 Å². The number of hydrogen-bond donors (Lipinski definition) is 1. The molecule has 3 aromatic carbocycles. The molecule has 1 N–H and O–H groups in total. The second-order valence-corrected chi connectivity index (χ2v) is 7.47. The summed E-state index contributed by atoms with van der Waals surface area (Å²) in [4.78, 5) is 28.0. The normalized spacial score (nSPS) is 13.7. The van der Waals surface area contributed by atoms with Crippen molar-refractivity contribution in [3.8, 4) is 5.75 Å². The predicted octanol–water partition coefficient (Wildman–Crippen LogP) is 4.44. The highest BCUT2D eigenvalue weighted by molar-refractivity contribution is 6.36. The zero-order valence-corrected chi connectivity index (χ0v) is 17.6. The highest BCUT2D eigenvalue weighted by Gasteiger charge is 2.38. The van der Waals surface area contributed by atoms with Gasteiger partial charge in [-0.3, -0.25) is 14.5 Å². The third kappa shape index (κ3) is 4.36. The first-order chi connectivity index (χ1) is 15.1. The van der Waals surface area contributed by atoms with E-state index >= 15 is 0 Å². The van der Waals surface area contributed by atoms with E-state index in [9.17, 15) is 9.59 Å². The first-order valence-electron chi connectivity index (χ1n) is 10.2. The number of benzene rings is 3. The van der Waals surface area contributed by atoms with Crippen molar-refractivity contribution in [2.75, 3.05) is 19.0 Å². The Balaban J connectivity index is 1.67. The van der Waals surface area contributed by atoms with Gasteiger partial charge in [0.15, 0.2) is 0 Å². The average Bonchev–Trinajstić information content (AvgIpc) is 3.02. The summed E-state index contributed by atoms with van der Waals surface area (Å²) in [6.45, 7) is 2.30. The molecule has 1 aliphatic heterocycles. The summed E-state index contributed by atoms with van der Waals surface area (Å²) in [5.74, 6) is 0.0877. The summed E-state index contributed by atoms with van der Waals surface area (Å²) < 4.78 is 5.23. The van der Waals surface area contributed by atoms with E-state index in [4.69, 9.17) is 4.74 Å². The molecule has 0 saturated heterocycles. The van der Waals surface area contributed by atoms with Gasteiger partial charge in [0.25, 0.3) is 11.8 Å². The summed E-state index contributed by atoms with van der Waals surface area (Å²) in [5.41, 5.74) is 4.27. The maximum atomic E-state index is 13.3. The molecule has 1 aliphatic rings. The predicted molar refractivity (Wildman–Crippen MR) is 122 cm³/mol. The summed E-state index contributed by atoms with van der Waals surface area (Å²) in [5, 5.41) is 3.20. The zero-order valence-electron chi connectivity index (χ0n) is 17.6. The Hall–Kier alpha value is -3.86. The molecule has 4 rings (SSSR count). The Labute approximate surface area is 182 Å². The zero-order chi connectivity index (χ0) is 21.8. The van der Waals surface area contributed by atoms with E-state index in [0.717, 1.165) is 16.8 Å². The van der Waals surface area contributed by atoms with Gasteiger partial charge < -0.3 is 10.1 Å². The number of anilines is 1. The lowest BCUT2D eigenvalue weighted by molar-refractivity contribution is -0.136. The third-order valence-corrected chi connectivity index (χ3v) is 5.30. The van der Waals surface area contributed by atoms with Crippen LogP contribution in [0.5, 0.6) is 5.75 Å². The van der Waals surface area contributed by atoms with Gasteiger partial charge in [0.05, 0.1) is 12.7 Å². The number of aryl methyl sites for hydroxylation is 1. The number of nitrogens with one attached hydrogen (secondary N) is 1. The van der Waals surface area contributed by atoms with Crippen LogP contribution in [-0.2, 0) is 16.0 Å². The van der Waals surface area contributed by atoms with Crippen LogP contribution < -0.4 is 10.1 Å². The standard InChI is InChI=1S/C26H24N2O3/c1-18-7-6-10-21(17-18)27-24-23(20-11-13-22(31-2)14-12-20)25(29)28(26(24)30)16-15-19-8-4-3-5-9-19/h3-14,17,27H,15-16H2,1-2H3. The molecule has 0 bridgehead atoms. The number of ether oxygens (including phenoxy) is 1. The first kappa shape index (κ1) is 20.4. The van der Waals surface area contributed by atoms with Crippen LogP contribution in [0, 0.1) is 6.92 Å². The van der Waals surface area contributed by atoms with Crippen molar-refractivity contribution in [3.05, 3.63) is 101 Å². The van der Waals surface area contributed by atoms with Gasteiger partial charge in [-0.1, -0.05) is 54.6 Å². The van der Waals surface area contributed by atoms with Gasteiger partial charge in [-0.2, -0.15) is 0 Å². The highest BCUT2D eigenvalue weighted by Crippen LogP contribution is 2.31. The van der Waals surface area contributed by atoms with E-state index in [1.807, 2.05) is 61.5 Å². The minimum atomic E-state index is -0.312. The quantitative estimate of drug-likeness (QED) is 0.583. The minimum Gasteiger partial charge on any atom is -0.497 e. The Morgan fingerprint density at radius 2 is 1.61 bits per heavy atom. The number of carbonyl (C=O) groups is 2. The van der Waals surface area contributed by atoms with Crippen LogP contribution in [0.1, 0.15) is 16.7 Å². The molecule has 1 heterocycles. The van der Waals surface area contributed by atoms with Crippen molar-refractivity contribution in [1.29, 1.82) is 0 Å². The maximum Gasteiger partial charge on any atom is 0.278 e. The molecule has 5 heteroatoms. The Bertz CT molecular complexity index is 1130. The van der Waals surface area contributed by atoms with E-state index in [1.165, 1.54) is 4.90 Å². The molecule has 5 nitrogen and oxygen atoms in total. The molecule has 2 amide bonds. The Morgan fingerprint density at radius 3 is 2.29 bits per heavy atom. The number of carbonyl (C=O) groups excluding carboxylic acids is 2. The van der Waals surface area contributed by atoms with Gasteiger partial charge in [-0.25, -0.2) is 0 Å². The number of methoxy groups -OCH3 is 1. The summed E-state index contributed by atoms with van der Waals surface area (Å²) >= 11 is 0. The highest BCUT2D eigenvalue weighted by atomic mass is 16.5. The van der Waals surface area contributed by atoms with E-state index in [-0.39, 0.29) is 11.8 Å². The number of hydrogen-bond acceptors (Lipinski definition) is 4. The largest absolute Gasteiger partial charge is 0.497 e. The molecule has 0 aliphatic carbocycles. The number of amides is 2. The maximum absolute atomic E-state index is 13.3. The van der Waals surface area contributed by atoms with Crippen molar-refractivity contribution >= 4 is 23.1 Å². The summed E-state index contributed by atoms with van der Waals surface area (Å²) in [6.07, 6.45) is 0.603. The molecule has 0 atom stereocenters. The van der Waals surface area contributed by atoms with Crippen LogP contribution in [0.3, 0.4) is 0 Å². The summed E-state index contributed by atoms with van der Waals surface area (Å²) in [7, 11) is 1.59. The average molecular weight is 412 g/mol. The number of rotatable bonds is 7. The smallest absolute Gasteiger partial charge is 0.278 e. The van der Waals surface area contributed by atoms with Crippen LogP contribution in [0.25, 0.3) is 5.57 Å². The van der Waals surface area contributed by atoms with Crippen molar-refractivity contribution < 1.29 is 14.3 Å². The molecule has 156 valence electrons. The van der Waals surface area contributed by atoms with Crippen molar-refractivity contribution in [2.45, 2.75) is 13.3 Å². The van der Waals surface area contributed by atoms with Gasteiger partial charge in [0, 0.05) is 12.2 Å². The summed E-state index contributed by atoms with van der Waals surface area (Å²) in [6, 6.07) is 24.8. The molecule has 0 unspecified atom stereocenters. The molecule has 3 aromatic rings. The fourth-order valence-electron chi connectivity index (χ4n) is 3.67. The molecule has 0 fully saturated rings. The lowest BCUT2D eigenvalue weighted by Gasteiger charge is -2.15. The molecule has 0 saturated carbocycles. The molecule has 0 radical (unpaired) electrons. The third-order valence-electron chi connectivity index (χ3n) is 5.30. The Morgan fingerprint density at radius 1 is 0.871 bits per heavy atom. The van der Waals surface area contributed by atoms with E-state index in [1.54, 1.807) is 31.4 Å². The van der Waals surface area contributed by atoms with E-state index in [2.05, 4.69) is 5.32 Å². The van der Waals surface area contributed by atoms with Crippen LogP contribution in [-0.4, -0.2) is 30.4 Å². The molecule has 0 spiro atoms. The van der Waals surface area contributed by atoms with Gasteiger partial charge in [-0.05, 0) is 54.3 Å². The molecular weight excluding hydrogens is 388 g/mol. The van der Waals surface area contributed by atoms with Crippen LogP contribution >= 0.6 is 0 Å². The van der Waals surface area contributed by atoms with E-state index in [0.29, 0.717) is 35.5 Å². The van der Waals surface area contributed by atoms with Crippen LogP contribution in [0.15, 0.2) is 84.6 Å². The second kappa shape index (κ2) is 8.88. The first-order valence-corrected chi connectivity index (χ1v) is 10.2. The van der Waals surface area contributed by atoms with Crippen LogP contribution in [0.4, 0.5) is 5.69 Å². The van der Waals surface area contributed by atoms with Gasteiger partial charge in [0.1, 0.15) is 11.4 Å². The molecule has 31 heavy (non-hydrogen) atoms. The Kier molecular flexibility index (Phi) is 5.85. The van der Waals surface area contributed by atoms with Crippen molar-refractivity contribution in [1.82, 2.24) is 4.90 Å². The number of imide groups is 1.